The third-order valence-electron chi connectivity index (χ3n) is 3.30. The maximum Gasteiger partial charge on any atom is 0.338 e. The summed E-state index contributed by atoms with van der Waals surface area (Å²) in [7, 11) is 0. The summed E-state index contributed by atoms with van der Waals surface area (Å²) < 4.78 is 10.7. The molecule has 0 aliphatic carbocycles. The first-order valence-electron chi connectivity index (χ1n) is 7.58. The van der Waals surface area contributed by atoms with Gasteiger partial charge in [0.15, 0.2) is 0 Å². The highest BCUT2D eigenvalue weighted by atomic mass is 16.6. The van der Waals surface area contributed by atoms with Crippen LogP contribution >= 0.6 is 0 Å². The minimum absolute atomic E-state index is 0.346. The van der Waals surface area contributed by atoms with Gasteiger partial charge in [0.05, 0.1) is 11.1 Å². The number of rotatable bonds is 6. The molecule has 0 heterocycles. The summed E-state index contributed by atoms with van der Waals surface area (Å²) in [5.41, 5.74) is 1.02. The molecule has 0 amide bonds. The summed E-state index contributed by atoms with van der Waals surface area (Å²) in [6, 6.07) is 17.6. The first-order chi connectivity index (χ1) is 11.1. The first kappa shape index (κ1) is 16.7. The monoisotopic (exact) mass is 312 g/mol. The molecule has 0 fully saturated rings. The number of carbonyl (C=O) groups is 2. The van der Waals surface area contributed by atoms with Gasteiger partial charge in [-0.3, -0.25) is 0 Å². The Morgan fingerprint density at radius 1 is 0.739 bits per heavy atom. The fourth-order valence-electron chi connectivity index (χ4n) is 2.21. The van der Waals surface area contributed by atoms with E-state index < -0.39 is 0 Å². The lowest BCUT2D eigenvalue weighted by Crippen LogP contribution is -2.23. The maximum absolute atomic E-state index is 12.0. The largest absolute Gasteiger partial charge is 0.459 e. The highest BCUT2D eigenvalue weighted by Crippen LogP contribution is 2.12. The van der Waals surface area contributed by atoms with Gasteiger partial charge in [0.2, 0.25) is 0 Å². The number of esters is 2. The van der Waals surface area contributed by atoms with Crippen molar-refractivity contribution < 1.29 is 19.1 Å². The van der Waals surface area contributed by atoms with Crippen molar-refractivity contribution in [2.24, 2.45) is 0 Å². The van der Waals surface area contributed by atoms with E-state index >= 15 is 0 Å². The fourth-order valence-corrected chi connectivity index (χ4v) is 2.21. The maximum atomic E-state index is 12.0. The van der Waals surface area contributed by atoms with E-state index in [1.807, 2.05) is 12.1 Å². The molecule has 0 saturated carbocycles. The van der Waals surface area contributed by atoms with Crippen molar-refractivity contribution in [3.8, 4) is 0 Å². The van der Waals surface area contributed by atoms with E-state index in [9.17, 15) is 9.59 Å². The molecule has 0 spiro atoms. The minimum Gasteiger partial charge on any atom is -0.459 e. The predicted molar refractivity (Wildman–Crippen MR) is 87.3 cm³/mol. The Morgan fingerprint density at radius 2 is 1.09 bits per heavy atom. The van der Waals surface area contributed by atoms with E-state index in [0.29, 0.717) is 17.5 Å². The van der Waals surface area contributed by atoms with Gasteiger partial charge < -0.3 is 9.47 Å². The fraction of sp³-hybridized carbons (Fsp3) is 0.263. The Morgan fingerprint density at radius 3 is 1.43 bits per heavy atom. The van der Waals surface area contributed by atoms with Gasteiger partial charge >= 0.3 is 11.9 Å². The van der Waals surface area contributed by atoms with Gasteiger partial charge in [-0.1, -0.05) is 36.4 Å². The van der Waals surface area contributed by atoms with Crippen LogP contribution in [0.3, 0.4) is 0 Å². The van der Waals surface area contributed by atoms with Gasteiger partial charge in [-0.15, -0.1) is 0 Å². The Balaban J connectivity index is 1.82. The average molecular weight is 312 g/mol. The second-order valence-electron chi connectivity index (χ2n) is 5.40. The number of carbonyl (C=O) groups excluding carboxylic acids is 2. The van der Waals surface area contributed by atoms with Gasteiger partial charge in [-0.25, -0.2) is 9.59 Å². The molecule has 0 N–H and O–H groups in total. The number of benzene rings is 2. The molecule has 0 radical (unpaired) electrons. The zero-order chi connectivity index (χ0) is 16.7. The standard InChI is InChI=1S/C19H20O4/c1-14(22-18(20)16-9-5-3-6-10-16)13-15(2)23-19(21)17-11-7-4-8-12-17/h3-12,14-15H,13H2,1-2H3/t14-,15-/m0/s1. The van der Waals surface area contributed by atoms with Crippen LogP contribution in [0.5, 0.6) is 0 Å². The van der Waals surface area contributed by atoms with Crippen molar-refractivity contribution in [2.45, 2.75) is 32.5 Å². The molecule has 0 bridgehead atoms. The van der Waals surface area contributed by atoms with Gasteiger partial charge in [0.1, 0.15) is 12.2 Å². The molecule has 0 unspecified atom stereocenters. The minimum atomic E-state index is -0.375. The second kappa shape index (κ2) is 8.13. The number of hydrogen-bond donors (Lipinski definition) is 0. The Labute approximate surface area is 136 Å². The van der Waals surface area contributed by atoms with E-state index in [0.717, 1.165) is 0 Å². The molecule has 0 aliphatic rings. The van der Waals surface area contributed by atoms with E-state index in [-0.39, 0.29) is 24.1 Å². The van der Waals surface area contributed by atoms with Crippen LogP contribution in [-0.2, 0) is 9.47 Å². The summed E-state index contributed by atoms with van der Waals surface area (Å²) in [4.78, 5) is 23.9. The topological polar surface area (TPSA) is 52.6 Å². The van der Waals surface area contributed by atoms with Gasteiger partial charge in [0.25, 0.3) is 0 Å². The van der Waals surface area contributed by atoms with E-state index in [1.165, 1.54) is 0 Å². The summed E-state index contributed by atoms with van der Waals surface area (Å²) >= 11 is 0. The van der Waals surface area contributed by atoms with Crippen LogP contribution in [0.2, 0.25) is 0 Å². The third kappa shape index (κ3) is 5.25. The lowest BCUT2D eigenvalue weighted by atomic mass is 10.2. The van der Waals surface area contributed by atoms with E-state index in [4.69, 9.17) is 9.47 Å². The predicted octanol–water partition coefficient (Wildman–Crippen LogP) is 3.87. The Bertz CT molecular complexity index is 579. The van der Waals surface area contributed by atoms with Crippen molar-refractivity contribution in [1.82, 2.24) is 0 Å². The average Bonchev–Trinajstić information content (AvgIpc) is 2.56. The Kier molecular flexibility index (Phi) is 5.92. The smallest absolute Gasteiger partial charge is 0.338 e. The highest BCUT2D eigenvalue weighted by molar-refractivity contribution is 5.90. The molecule has 0 aliphatic heterocycles. The number of hydrogen-bond acceptors (Lipinski definition) is 4. The van der Waals surface area contributed by atoms with Gasteiger partial charge in [0, 0.05) is 6.42 Å². The van der Waals surface area contributed by atoms with Gasteiger partial charge in [-0.05, 0) is 38.1 Å². The molecule has 2 rings (SSSR count). The van der Waals surface area contributed by atoms with Crippen molar-refractivity contribution in [2.75, 3.05) is 0 Å². The summed E-state index contributed by atoms with van der Waals surface area (Å²) in [5.74, 6) is -0.751. The molecule has 2 aromatic rings. The highest BCUT2D eigenvalue weighted by Gasteiger charge is 2.18. The quantitative estimate of drug-likeness (QED) is 0.760. The van der Waals surface area contributed by atoms with Crippen LogP contribution in [0, 0.1) is 0 Å². The van der Waals surface area contributed by atoms with Crippen LogP contribution < -0.4 is 0 Å². The molecular formula is C19H20O4. The van der Waals surface area contributed by atoms with Crippen molar-refractivity contribution in [1.29, 1.82) is 0 Å². The molecule has 0 aromatic heterocycles. The summed E-state index contributed by atoms with van der Waals surface area (Å²) in [6.45, 7) is 3.57. The van der Waals surface area contributed by atoms with E-state index in [2.05, 4.69) is 0 Å². The first-order valence-corrected chi connectivity index (χ1v) is 7.58. The van der Waals surface area contributed by atoms with Crippen molar-refractivity contribution in [3.63, 3.8) is 0 Å². The molecular weight excluding hydrogens is 292 g/mol. The SMILES string of the molecule is C[C@@H](C[C@H](C)OC(=O)c1ccccc1)OC(=O)c1ccccc1. The van der Waals surface area contributed by atoms with E-state index in [1.54, 1.807) is 62.4 Å². The molecule has 120 valence electrons. The molecule has 4 nitrogen and oxygen atoms in total. The molecule has 0 saturated heterocycles. The summed E-state index contributed by atoms with van der Waals surface area (Å²) in [6.07, 6.45) is -0.250. The zero-order valence-corrected chi connectivity index (χ0v) is 13.3. The molecule has 2 aromatic carbocycles. The van der Waals surface area contributed by atoms with Crippen molar-refractivity contribution >= 4 is 11.9 Å². The zero-order valence-electron chi connectivity index (χ0n) is 13.3. The van der Waals surface area contributed by atoms with Crippen LogP contribution in [0.15, 0.2) is 60.7 Å². The molecule has 4 heteroatoms. The van der Waals surface area contributed by atoms with Crippen molar-refractivity contribution in [3.05, 3.63) is 71.8 Å². The third-order valence-corrected chi connectivity index (χ3v) is 3.30. The molecule has 23 heavy (non-hydrogen) atoms. The van der Waals surface area contributed by atoms with Crippen LogP contribution in [0.4, 0.5) is 0 Å². The lowest BCUT2D eigenvalue weighted by Gasteiger charge is -2.18. The van der Waals surface area contributed by atoms with Crippen LogP contribution in [0.1, 0.15) is 41.0 Å². The Hall–Kier alpha value is -2.62. The normalized spacial score (nSPS) is 13.0. The molecule has 2 atom stereocenters. The lowest BCUT2D eigenvalue weighted by molar-refractivity contribution is 0.00764. The van der Waals surface area contributed by atoms with Crippen LogP contribution in [-0.4, -0.2) is 24.1 Å². The summed E-state index contributed by atoms with van der Waals surface area (Å²) in [5, 5.41) is 0. The van der Waals surface area contributed by atoms with Gasteiger partial charge in [-0.2, -0.15) is 0 Å². The number of ether oxygens (including phenoxy) is 2. The second-order valence-corrected chi connectivity index (χ2v) is 5.40. The van der Waals surface area contributed by atoms with Crippen LogP contribution in [0.25, 0.3) is 0 Å².